The quantitative estimate of drug-likeness (QED) is 0.825. The first-order valence-electron chi connectivity index (χ1n) is 8.46. The average molecular weight is 346 g/mol. The van der Waals surface area contributed by atoms with Gasteiger partial charge >= 0.3 is 5.97 Å². The fourth-order valence-corrected chi connectivity index (χ4v) is 4.67. The topological polar surface area (TPSA) is 75.1 Å². The summed E-state index contributed by atoms with van der Waals surface area (Å²) >= 11 is 6.09. The molecule has 3 aliphatic carbocycles. The molecule has 5 nitrogen and oxygen atoms in total. The Kier molecular flexibility index (Phi) is 3.83. The number of aryl methyl sites for hydroxylation is 1. The first kappa shape index (κ1) is 15.6. The summed E-state index contributed by atoms with van der Waals surface area (Å²) in [6.07, 6.45) is 4.21. The van der Waals surface area contributed by atoms with Crippen LogP contribution in [0.4, 0.5) is 5.82 Å². The zero-order chi connectivity index (χ0) is 16.8. The van der Waals surface area contributed by atoms with Gasteiger partial charge in [-0.15, -0.1) is 0 Å². The van der Waals surface area contributed by atoms with E-state index in [0.29, 0.717) is 11.7 Å². The summed E-state index contributed by atoms with van der Waals surface area (Å²) < 4.78 is 0. The van der Waals surface area contributed by atoms with E-state index in [1.807, 2.05) is 25.1 Å². The third-order valence-corrected chi connectivity index (χ3v) is 5.80. The van der Waals surface area contributed by atoms with Crippen molar-refractivity contribution in [2.75, 3.05) is 5.32 Å². The second-order valence-corrected chi connectivity index (χ2v) is 7.41. The third kappa shape index (κ3) is 2.61. The van der Waals surface area contributed by atoms with Gasteiger partial charge in [-0.25, -0.2) is 9.97 Å². The molecule has 3 fully saturated rings. The van der Waals surface area contributed by atoms with E-state index < -0.39 is 5.97 Å². The lowest BCUT2D eigenvalue weighted by molar-refractivity contribution is -0.148. The van der Waals surface area contributed by atoms with Crippen LogP contribution in [0.1, 0.15) is 31.2 Å². The van der Waals surface area contributed by atoms with Crippen molar-refractivity contribution < 1.29 is 9.90 Å². The van der Waals surface area contributed by atoms with E-state index in [1.165, 1.54) is 0 Å². The Balaban J connectivity index is 1.74. The highest BCUT2D eigenvalue weighted by Crippen LogP contribution is 2.46. The molecule has 0 radical (unpaired) electrons. The monoisotopic (exact) mass is 345 g/mol. The molecule has 0 saturated heterocycles. The summed E-state index contributed by atoms with van der Waals surface area (Å²) in [5, 5.41) is 14.2. The highest BCUT2D eigenvalue weighted by molar-refractivity contribution is 6.28. The predicted molar refractivity (Wildman–Crippen MR) is 93.3 cm³/mol. The minimum atomic E-state index is -0.706. The van der Waals surface area contributed by atoms with Gasteiger partial charge in [0.1, 0.15) is 5.82 Å². The van der Waals surface area contributed by atoms with Gasteiger partial charge in [0.05, 0.1) is 11.4 Å². The van der Waals surface area contributed by atoms with Crippen molar-refractivity contribution in [1.29, 1.82) is 0 Å². The predicted octanol–water partition coefficient (Wildman–Crippen LogP) is 3.89. The van der Waals surface area contributed by atoms with E-state index in [0.717, 1.165) is 42.1 Å². The fourth-order valence-electron chi connectivity index (χ4n) is 4.49. The number of nitrogens with zero attached hydrogens (tertiary/aromatic N) is 2. The van der Waals surface area contributed by atoms with E-state index in [4.69, 9.17) is 11.6 Å². The number of hydrogen-bond donors (Lipinski definition) is 2. The van der Waals surface area contributed by atoms with Crippen LogP contribution in [0.5, 0.6) is 0 Å². The van der Waals surface area contributed by atoms with Gasteiger partial charge in [-0.3, -0.25) is 4.79 Å². The second kappa shape index (κ2) is 5.88. The van der Waals surface area contributed by atoms with Gasteiger partial charge in [-0.05, 0) is 73.7 Å². The van der Waals surface area contributed by atoms with E-state index in [9.17, 15) is 9.90 Å². The first-order valence-corrected chi connectivity index (χ1v) is 8.84. The van der Waals surface area contributed by atoms with Crippen LogP contribution in [0.25, 0.3) is 10.9 Å². The first-order chi connectivity index (χ1) is 11.5. The van der Waals surface area contributed by atoms with Crippen LogP contribution in [-0.4, -0.2) is 27.1 Å². The van der Waals surface area contributed by atoms with Crippen molar-refractivity contribution in [3.05, 3.63) is 29.0 Å². The molecule has 24 heavy (non-hydrogen) atoms. The number of carbonyl (C=O) groups is 1. The van der Waals surface area contributed by atoms with Gasteiger partial charge in [-0.1, -0.05) is 6.07 Å². The average Bonchev–Trinajstić information content (AvgIpc) is 2.54. The Bertz CT molecular complexity index is 797. The lowest BCUT2D eigenvalue weighted by atomic mass is 9.61. The zero-order valence-corrected chi connectivity index (χ0v) is 14.3. The molecular weight excluding hydrogens is 326 g/mol. The van der Waals surface area contributed by atoms with Gasteiger partial charge in [0.25, 0.3) is 0 Å². The summed E-state index contributed by atoms with van der Waals surface area (Å²) in [5.74, 6) is 0.226. The van der Waals surface area contributed by atoms with Gasteiger partial charge in [0.2, 0.25) is 5.28 Å². The van der Waals surface area contributed by atoms with Crippen LogP contribution in [-0.2, 0) is 4.79 Å². The molecule has 2 N–H and O–H groups in total. The Morgan fingerprint density at radius 1 is 1.21 bits per heavy atom. The Hall–Kier alpha value is -1.88. The molecule has 3 aliphatic rings. The Labute approximate surface area is 145 Å². The number of aromatic nitrogens is 2. The summed E-state index contributed by atoms with van der Waals surface area (Å²) in [4.78, 5) is 20.5. The SMILES string of the molecule is Cc1ccc2c(NC3C4CCC(CC4)C3C(=O)O)nc(Cl)nc2c1. The summed E-state index contributed by atoms with van der Waals surface area (Å²) in [6, 6.07) is 5.85. The standard InChI is InChI=1S/C18H20ClN3O2/c1-9-2-7-12-13(8-9)20-18(19)22-16(12)21-15-11-5-3-10(4-6-11)14(15)17(23)24/h2,7-8,10-11,14-15H,3-6H2,1H3,(H,23,24)(H,20,21,22). The second-order valence-electron chi connectivity index (χ2n) is 7.07. The summed E-state index contributed by atoms with van der Waals surface area (Å²) in [6.45, 7) is 2.00. The third-order valence-electron chi connectivity index (χ3n) is 5.63. The molecule has 0 aliphatic heterocycles. The molecule has 1 aromatic carbocycles. The molecule has 5 rings (SSSR count). The maximum absolute atomic E-state index is 11.8. The zero-order valence-electron chi connectivity index (χ0n) is 13.5. The van der Waals surface area contributed by atoms with Crippen LogP contribution < -0.4 is 5.32 Å². The number of benzene rings is 1. The summed E-state index contributed by atoms with van der Waals surface area (Å²) in [5.41, 5.74) is 1.88. The number of fused-ring (bicyclic) bond motifs is 4. The number of carboxylic acids is 1. The molecule has 2 aromatic rings. The molecule has 3 saturated carbocycles. The van der Waals surface area contributed by atoms with Crippen LogP contribution in [0.3, 0.4) is 0 Å². The highest BCUT2D eigenvalue weighted by atomic mass is 35.5. The van der Waals surface area contributed by atoms with Crippen molar-refractivity contribution in [3.63, 3.8) is 0 Å². The van der Waals surface area contributed by atoms with Crippen molar-refractivity contribution >= 4 is 34.3 Å². The highest BCUT2D eigenvalue weighted by Gasteiger charge is 2.47. The van der Waals surface area contributed by atoms with Gasteiger partial charge in [0, 0.05) is 11.4 Å². The molecule has 2 unspecified atom stereocenters. The number of hydrogen-bond acceptors (Lipinski definition) is 4. The smallest absolute Gasteiger partial charge is 0.308 e. The minimum absolute atomic E-state index is 0.0922. The number of anilines is 1. The molecule has 2 bridgehead atoms. The number of nitrogens with one attached hydrogen (secondary N) is 1. The molecule has 126 valence electrons. The molecular formula is C18H20ClN3O2. The van der Waals surface area contributed by atoms with Gasteiger partial charge < -0.3 is 10.4 Å². The lowest BCUT2D eigenvalue weighted by Crippen LogP contribution is -2.51. The maximum Gasteiger partial charge on any atom is 0.308 e. The van der Waals surface area contributed by atoms with Crippen molar-refractivity contribution in [3.8, 4) is 0 Å². The Morgan fingerprint density at radius 2 is 1.92 bits per heavy atom. The van der Waals surface area contributed by atoms with Crippen molar-refractivity contribution in [2.45, 2.75) is 38.6 Å². The molecule has 1 aromatic heterocycles. The van der Waals surface area contributed by atoms with Crippen LogP contribution in [0.2, 0.25) is 5.28 Å². The number of halogens is 1. The molecule has 0 spiro atoms. The number of aliphatic carboxylic acids is 1. The molecule has 1 heterocycles. The lowest BCUT2D eigenvalue weighted by Gasteiger charge is -2.47. The fraction of sp³-hybridized carbons (Fsp3) is 0.500. The number of carboxylic acid groups (broad SMARTS) is 1. The van der Waals surface area contributed by atoms with Crippen molar-refractivity contribution in [1.82, 2.24) is 9.97 Å². The van der Waals surface area contributed by atoms with E-state index >= 15 is 0 Å². The number of rotatable bonds is 3. The van der Waals surface area contributed by atoms with Gasteiger partial charge in [-0.2, -0.15) is 0 Å². The van der Waals surface area contributed by atoms with Crippen LogP contribution >= 0.6 is 11.6 Å². The van der Waals surface area contributed by atoms with E-state index in [2.05, 4.69) is 15.3 Å². The largest absolute Gasteiger partial charge is 0.481 e. The van der Waals surface area contributed by atoms with Crippen molar-refractivity contribution in [2.24, 2.45) is 17.8 Å². The summed E-state index contributed by atoms with van der Waals surface area (Å²) in [7, 11) is 0. The molecule has 2 atom stereocenters. The van der Waals surface area contributed by atoms with Crippen LogP contribution in [0, 0.1) is 24.7 Å². The van der Waals surface area contributed by atoms with E-state index in [1.54, 1.807) is 0 Å². The normalized spacial score (nSPS) is 28.9. The van der Waals surface area contributed by atoms with Crippen LogP contribution in [0.15, 0.2) is 18.2 Å². The maximum atomic E-state index is 11.8. The Morgan fingerprint density at radius 3 is 2.62 bits per heavy atom. The minimum Gasteiger partial charge on any atom is -0.481 e. The van der Waals surface area contributed by atoms with Gasteiger partial charge in [0.15, 0.2) is 0 Å². The molecule has 0 amide bonds. The van der Waals surface area contributed by atoms with E-state index in [-0.39, 0.29) is 23.2 Å². The molecule has 6 heteroatoms.